The van der Waals surface area contributed by atoms with Crippen LogP contribution in [0.15, 0.2) is 30.5 Å². The van der Waals surface area contributed by atoms with E-state index in [4.69, 9.17) is 4.74 Å². The van der Waals surface area contributed by atoms with Crippen molar-refractivity contribution in [2.45, 2.75) is 6.18 Å². The quantitative estimate of drug-likeness (QED) is 0.790. The van der Waals surface area contributed by atoms with Gasteiger partial charge in [-0.25, -0.2) is 4.98 Å². The summed E-state index contributed by atoms with van der Waals surface area (Å²) in [4.78, 5) is 14.7. The van der Waals surface area contributed by atoms with Crippen LogP contribution in [-0.4, -0.2) is 31.1 Å². The van der Waals surface area contributed by atoms with E-state index in [-0.39, 0.29) is 24.1 Å². The maximum atomic E-state index is 12.4. The van der Waals surface area contributed by atoms with E-state index < -0.39 is 11.1 Å². The largest absolute Gasteiger partial charge is 0.497 e. The molecular weight excluding hydrogens is 331 g/mol. The van der Waals surface area contributed by atoms with Gasteiger partial charge in [-0.15, -0.1) is 0 Å². The minimum Gasteiger partial charge on any atom is -0.497 e. The maximum Gasteiger partial charge on any atom is 0.427 e. The lowest BCUT2D eigenvalue weighted by Gasteiger charge is -2.06. The van der Waals surface area contributed by atoms with Crippen LogP contribution in [0.25, 0.3) is 0 Å². The summed E-state index contributed by atoms with van der Waals surface area (Å²) in [5.74, 6) is 0.372. The molecule has 0 saturated heterocycles. The van der Waals surface area contributed by atoms with E-state index in [1.807, 2.05) is 0 Å². The minimum absolute atomic E-state index is 0.163. The maximum absolute atomic E-state index is 12.4. The number of nitrogens with one attached hydrogen (secondary N) is 2. The number of methoxy groups -OCH3 is 1. The van der Waals surface area contributed by atoms with Crippen LogP contribution in [-0.2, 0) is 6.18 Å². The average Bonchev–Trinajstić information content (AvgIpc) is 3.00. The molecule has 0 atom stereocenters. The molecule has 2 aromatic rings. The second-order valence-corrected chi connectivity index (χ2v) is 5.47. The lowest BCUT2D eigenvalue weighted by atomic mass is 10.2. The van der Waals surface area contributed by atoms with Crippen LogP contribution in [0.4, 0.5) is 18.3 Å². The fourth-order valence-corrected chi connectivity index (χ4v) is 2.39. The van der Waals surface area contributed by atoms with E-state index in [0.29, 0.717) is 22.6 Å². The standard InChI is InChI=1S/C14H14F3N3O2S/c1-22-10-4-2-9(3-5-10)12(21)18-6-7-19-13-20-8-11(23-13)14(15,16)17/h2-5,8H,6-7H2,1H3,(H,18,21)(H,19,20). The number of carbonyl (C=O) groups is 1. The fraction of sp³-hybridized carbons (Fsp3) is 0.286. The predicted molar refractivity (Wildman–Crippen MR) is 80.9 cm³/mol. The zero-order valence-corrected chi connectivity index (χ0v) is 12.9. The lowest BCUT2D eigenvalue weighted by molar-refractivity contribution is -0.134. The van der Waals surface area contributed by atoms with Crippen molar-refractivity contribution in [1.29, 1.82) is 0 Å². The van der Waals surface area contributed by atoms with Crippen molar-refractivity contribution in [2.24, 2.45) is 0 Å². The molecule has 0 aliphatic heterocycles. The Kier molecular flexibility index (Phi) is 5.43. The van der Waals surface area contributed by atoms with Gasteiger partial charge < -0.3 is 15.4 Å². The number of benzene rings is 1. The number of ether oxygens (including phenoxy) is 1. The molecule has 0 spiro atoms. The van der Waals surface area contributed by atoms with Gasteiger partial charge in [-0.3, -0.25) is 4.79 Å². The zero-order chi connectivity index (χ0) is 16.9. The first-order valence-corrected chi connectivity index (χ1v) is 7.41. The highest BCUT2D eigenvalue weighted by atomic mass is 32.1. The summed E-state index contributed by atoms with van der Waals surface area (Å²) in [6.07, 6.45) is -3.61. The van der Waals surface area contributed by atoms with E-state index in [9.17, 15) is 18.0 Å². The van der Waals surface area contributed by atoms with Crippen LogP contribution in [0.5, 0.6) is 5.75 Å². The Balaban J connectivity index is 1.76. The van der Waals surface area contributed by atoms with E-state index in [2.05, 4.69) is 15.6 Å². The molecule has 124 valence electrons. The Bertz CT molecular complexity index is 656. The van der Waals surface area contributed by atoms with Crippen LogP contribution >= 0.6 is 11.3 Å². The minimum atomic E-state index is -4.39. The van der Waals surface area contributed by atoms with Crippen molar-refractivity contribution in [3.63, 3.8) is 0 Å². The first-order valence-electron chi connectivity index (χ1n) is 6.59. The fourth-order valence-electron chi connectivity index (χ4n) is 1.68. The van der Waals surface area contributed by atoms with Gasteiger partial charge in [0.1, 0.15) is 10.6 Å². The number of nitrogens with zero attached hydrogens (tertiary/aromatic N) is 1. The summed E-state index contributed by atoms with van der Waals surface area (Å²) in [5.41, 5.74) is 0.472. The molecule has 23 heavy (non-hydrogen) atoms. The Morgan fingerprint density at radius 2 is 1.96 bits per heavy atom. The number of alkyl halides is 3. The van der Waals surface area contributed by atoms with Crippen LogP contribution < -0.4 is 15.4 Å². The Labute approximate surface area is 134 Å². The highest BCUT2D eigenvalue weighted by molar-refractivity contribution is 7.15. The van der Waals surface area contributed by atoms with Crippen molar-refractivity contribution in [1.82, 2.24) is 10.3 Å². The third-order valence-corrected chi connectivity index (χ3v) is 3.82. The highest BCUT2D eigenvalue weighted by Crippen LogP contribution is 2.34. The number of thiazole rings is 1. The third kappa shape index (κ3) is 4.85. The summed E-state index contributed by atoms with van der Waals surface area (Å²) >= 11 is 0.525. The summed E-state index contributed by atoms with van der Waals surface area (Å²) < 4.78 is 42.2. The molecule has 0 fully saturated rings. The van der Waals surface area contributed by atoms with Gasteiger partial charge in [-0.05, 0) is 24.3 Å². The molecular formula is C14H14F3N3O2S. The van der Waals surface area contributed by atoms with Crippen LogP contribution in [0, 0.1) is 0 Å². The number of aromatic nitrogens is 1. The summed E-state index contributed by atoms with van der Waals surface area (Å²) in [6.45, 7) is 0.526. The number of amides is 1. The summed E-state index contributed by atoms with van der Waals surface area (Å²) in [6, 6.07) is 6.58. The normalized spacial score (nSPS) is 11.1. The molecule has 0 radical (unpaired) electrons. The summed E-state index contributed by atoms with van der Waals surface area (Å²) in [7, 11) is 1.53. The zero-order valence-electron chi connectivity index (χ0n) is 12.1. The van der Waals surface area contributed by atoms with Gasteiger partial charge in [-0.1, -0.05) is 11.3 Å². The van der Waals surface area contributed by atoms with Gasteiger partial charge in [0.15, 0.2) is 5.13 Å². The van der Waals surface area contributed by atoms with Crippen LogP contribution in [0.1, 0.15) is 15.2 Å². The Hall–Kier alpha value is -2.29. The first kappa shape index (κ1) is 17.1. The number of rotatable bonds is 6. The second-order valence-electron chi connectivity index (χ2n) is 4.44. The Morgan fingerprint density at radius 3 is 2.52 bits per heavy atom. The molecule has 0 aliphatic carbocycles. The van der Waals surface area contributed by atoms with E-state index in [1.54, 1.807) is 24.3 Å². The van der Waals surface area contributed by atoms with Gasteiger partial charge in [0.05, 0.1) is 13.3 Å². The van der Waals surface area contributed by atoms with Crippen LogP contribution in [0.2, 0.25) is 0 Å². The van der Waals surface area contributed by atoms with Gasteiger partial charge >= 0.3 is 6.18 Å². The molecule has 0 aliphatic rings. The smallest absolute Gasteiger partial charge is 0.427 e. The molecule has 1 heterocycles. The number of hydrogen-bond acceptors (Lipinski definition) is 5. The molecule has 2 N–H and O–H groups in total. The molecule has 0 unspecified atom stereocenters. The number of anilines is 1. The summed E-state index contributed by atoms with van der Waals surface area (Å²) in [5, 5.41) is 5.55. The molecule has 5 nitrogen and oxygen atoms in total. The van der Waals surface area contributed by atoms with Crippen molar-refractivity contribution in [3.8, 4) is 5.75 Å². The van der Waals surface area contributed by atoms with Gasteiger partial charge in [-0.2, -0.15) is 13.2 Å². The van der Waals surface area contributed by atoms with Crippen molar-refractivity contribution in [3.05, 3.63) is 40.9 Å². The highest BCUT2D eigenvalue weighted by Gasteiger charge is 2.33. The lowest BCUT2D eigenvalue weighted by Crippen LogP contribution is -2.28. The van der Waals surface area contributed by atoms with Gasteiger partial charge in [0.2, 0.25) is 0 Å². The molecule has 0 bridgehead atoms. The topological polar surface area (TPSA) is 63.2 Å². The van der Waals surface area contributed by atoms with Gasteiger partial charge in [0, 0.05) is 18.7 Å². The van der Waals surface area contributed by atoms with E-state index >= 15 is 0 Å². The monoisotopic (exact) mass is 345 g/mol. The SMILES string of the molecule is COc1ccc(C(=O)NCCNc2ncc(C(F)(F)F)s2)cc1. The van der Waals surface area contributed by atoms with Gasteiger partial charge in [0.25, 0.3) is 5.91 Å². The van der Waals surface area contributed by atoms with E-state index in [1.165, 1.54) is 7.11 Å². The molecule has 2 rings (SSSR count). The van der Waals surface area contributed by atoms with Crippen molar-refractivity contribution in [2.75, 3.05) is 25.5 Å². The van der Waals surface area contributed by atoms with Crippen LogP contribution in [0.3, 0.4) is 0 Å². The molecule has 1 amide bonds. The molecule has 1 aromatic heterocycles. The molecule has 9 heteroatoms. The first-order chi connectivity index (χ1) is 10.9. The average molecular weight is 345 g/mol. The van der Waals surface area contributed by atoms with Crippen molar-refractivity contribution < 1.29 is 22.7 Å². The Morgan fingerprint density at radius 1 is 1.26 bits per heavy atom. The number of carbonyl (C=O) groups excluding carboxylic acids is 1. The predicted octanol–water partition coefficient (Wildman–Crippen LogP) is 3.01. The van der Waals surface area contributed by atoms with Crippen molar-refractivity contribution >= 4 is 22.4 Å². The van der Waals surface area contributed by atoms with E-state index in [0.717, 1.165) is 6.20 Å². The third-order valence-electron chi connectivity index (χ3n) is 2.82. The number of halogens is 3. The molecule has 1 aromatic carbocycles. The second kappa shape index (κ2) is 7.32. The number of hydrogen-bond donors (Lipinski definition) is 2. The molecule has 0 saturated carbocycles.